The maximum absolute atomic E-state index is 13.2. The fourth-order valence-electron chi connectivity index (χ4n) is 5.31. The maximum Gasteiger partial charge on any atom is 0.573 e. The van der Waals surface area contributed by atoms with Crippen molar-refractivity contribution < 1.29 is 37.0 Å². The monoisotopic (exact) mass is 505 g/mol. The molecule has 0 radical (unpaired) electrons. The molecule has 2 aromatic rings. The Bertz CT molecular complexity index is 1100. The molecule has 0 N–H and O–H groups in total. The van der Waals surface area contributed by atoms with Gasteiger partial charge >= 0.3 is 12.5 Å². The number of benzene rings is 2. The van der Waals surface area contributed by atoms with Crippen molar-refractivity contribution in [3.8, 4) is 5.75 Å². The van der Waals surface area contributed by atoms with E-state index >= 15 is 0 Å². The van der Waals surface area contributed by atoms with Crippen LogP contribution in [0.3, 0.4) is 0 Å². The number of piperidine rings is 1. The SMILES string of the molecule is CC(C)(C)OC(=O)N1CCC[C@@]2(C[C@H](c3cc(OC(F)(F)F)ccc3C=O)CO2)[C@@H]1c1ccccc1. The van der Waals surface area contributed by atoms with Gasteiger partial charge in [0.2, 0.25) is 0 Å². The van der Waals surface area contributed by atoms with E-state index in [1.807, 2.05) is 30.3 Å². The van der Waals surface area contributed by atoms with Crippen LogP contribution in [0.5, 0.6) is 5.75 Å². The molecule has 36 heavy (non-hydrogen) atoms. The van der Waals surface area contributed by atoms with Gasteiger partial charge < -0.3 is 14.2 Å². The van der Waals surface area contributed by atoms with Crippen molar-refractivity contribution >= 4 is 12.4 Å². The Morgan fingerprint density at radius 2 is 1.86 bits per heavy atom. The Balaban J connectivity index is 1.69. The lowest BCUT2D eigenvalue weighted by Crippen LogP contribution is -2.53. The zero-order valence-electron chi connectivity index (χ0n) is 20.5. The summed E-state index contributed by atoms with van der Waals surface area (Å²) in [5.74, 6) is -0.741. The van der Waals surface area contributed by atoms with E-state index in [0.717, 1.165) is 11.6 Å². The van der Waals surface area contributed by atoms with Crippen molar-refractivity contribution in [1.82, 2.24) is 4.90 Å². The number of ether oxygens (including phenoxy) is 3. The van der Waals surface area contributed by atoms with Crippen LogP contribution in [-0.4, -0.2) is 48.0 Å². The minimum atomic E-state index is -4.84. The summed E-state index contributed by atoms with van der Waals surface area (Å²) in [7, 11) is 0. The van der Waals surface area contributed by atoms with E-state index in [1.54, 1.807) is 25.7 Å². The van der Waals surface area contributed by atoms with E-state index in [1.165, 1.54) is 12.1 Å². The third-order valence-electron chi connectivity index (χ3n) is 6.57. The van der Waals surface area contributed by atoms with Crippen LogP contribution in [0, 0.1) is 0 Å². The van der Waals surface area contributed by atoms with Gasteiger partial charge in [0.05, 0.1) is 18.2 Å². The first kappa shape index (κ1) is 26.0. The van der Waals surface area contributed by atoms with Gasteiger partial charge in [-0.1, -0.05) is 30.3 Å². The molecule has 2 saturated heterocycles. The molecule has 6 nitrogen and oxygen atoms in total. The third-order valence-corrected chi connectivity index (χ3v) is 6.57. The van der Waals surface area contributed by atoms with Gasteiger partial charge in [-0.05, 0) is 69.4 Å². The van der Waals surface area contributed by atoms with Gasteiger partial charge in [-0.25, -0.2) is 4.79 Å². The zero-order valence-corrected chi connectivity index (χ0v) is 20.5. The van der Waals surface area contributed by atoms with Gasteiger partial charge in [-0.3, -0.25) is 9.69 Å². The molecule has 9 heteroatoms. The highest BCUT2D eigenvalue weighted by molar-refractivity contribution is 5.78. The first-order chi connectivity index (χ1) is 16.9. The average Bonchev–Trinajstić information content (AvgIpc) is 3.21. The largest absolute Gasteiger partial charge is 0.573 e. The summed E-state index contributed by atoms with van der Waals surface area (Å²) >= 11 is 0. The van der Waals surface area contributed by atoms with Gasteiger partial charge in [0, 0.05) is 18.0 Å². The van der Waals surface area contributed by atoms with Gasteiger partial charge in [0.25, 0.3) is 0 Å². The second kappa shape index (κ2) is 9.76. The molecule has 2 heterocycles. The van der Waals surface area contributed by atoms with E-state index in [0.29, 0.717) is 37.7 Å². The lowest BCUT2D eigenvalue weighted by atomic mass is 9.75. The van der Waals surface area contributed by atoms with Gasteiger partial charge in [0.15, 0.2) is 0 Å². The number of aldehydes is 1. The number of rotatable bonds is 4. The molecule has 1 spiro atoms. The van der Waals surface area contributed by atoms with E-state index in [2.05, 4.69) is 4.74 Å². The van der Waals surface area contributed by atoms with E-state index < -0.39 is 29.7 Å². The summed E-state index contributed by atoms with van der Waals surface area (Å²) in [6.07, 6.45) is -2.92. The summed E-state index contributed by atoms with van der Waals surface area (Å²) in [4.78, 5) is 26.7. The molecule has 0 aromatic heterocycles. The smallest absolute Gasteiger partial charge is 0.444 e. The zero-order chi connectivity index (χ0) is 26.1. The van der Waals surface area contributed by atoms with Crippen LogP contribution in [0.1, 0.15) is 73.5 Å². The number of hydrogen-bond donors (Lipinski definition) is 0. The van der Waals surface area contributed by atoms with Crippen molar-refractivity contribution in [2.45, 2.75) is 69.6 Å². The Hall–Kier alpha value is -3.07. The van der Waals surface area contributed by atoms with Crippen molar-refractivity contribution in [1.29, 1.82) is 0 Å². The van der Waals surface area contributed by atoms with E-state index in [4.69, 9.17) is 9.47 Å². The molecule has 194 valence electrons. The second-order valence-corrected chi connectivity index (χ2v) is 10.3. The average molecular weight is 506 g/mol. The Labute approximate surface area is 208 Å². The molecule has 3 atom stereocenters. The fraction of sp³-hybridized carbons (Fsp3) is 0.481. The third kappa shape index (κ3) is 5.67. The van der Waals surface area contributed by atoms with Crippen LogP contribution in [-0.2, 0) is 9.47 Å². The van der Waals surface area contributed by atoms with Gasteiger partial charge in [-0.2, -0.15) is 0 Å². The topological polar surface area (TPSA) is 65.1 Å². The molecule has 2 aliphatic heterocycles. The summed E-state index contributed by atoms with van der Waals surface area (Å²) in [5, 5.41) is 0. The van der Waals surface area contributed by atoms with Gasteiger partial charge in [0.1, 0.15) is 17.6 Å². The molecular formula is C27H30F3NO5. The summed E-state index contributed by atoms with van der Waals surface area (Å²) < 4.78 is 54.7. The Morgan fingerprint density at radius 1 is 1.14 bits per heavy atom. The molecule has 1 amide bonds. The molecule has 2 fully saturated rings. The predicted molar refractivity (Wildman–Crippen MR) is 126 cm³/mol. The standard InChI is InChI=1S/C27H30F3NO5/c1-25(2,3)36-24(33)31-13-7-12-26(23(31)18-8-5-4-6-9-18)15-20(17-34-26)22-14-21(35-27(28,29)30)11-10-19(22)16-32/h4-6,8-11,14,16,20,23H,7,12-13,15,17H2,1-3H3/t20-,23-,26+/m0/s1. The van der Waals surface area contributed by atoms with Gasteiger partial charge in [-0.15, -0.1) is 13.2 Å². The lowest BCUT2D eigenvalue weighted by Gasteiger charge is -2.47. The fourth-order valence-corrected chi connectivity index (χ4v) is 5.31. The molecule has 4 rings (SSSR count). The second-order valence-electron chi connectivity index (χ2n) is 10.3. The van der Waals surface area contributed by atoms with Crippen LogP contribution in [0.2, 0.25) is 0 Å². The number of carbonyl (C=O) groups excluding carboxylic acids is 2. The van der Waals surface area contributed by atoms with Crippen molar-refractivity contribution in [2.24, 2.45) is 0 Å². The minimum absolute atomic E-state index is 0.196. The van der Waals surface area contributed by atoms with Crippen LogP contribution < -0.4 is 4.74 Å². The molecule has 0 aliphatic carbocycles. The van der Waals surface area contributed by atoms with Crippen molar-refractivity contribution in [3.63, 3.8) is 0 Å². The number of alkyl halides is 3. The Morgan fingerprint density at radius 3 is 2.50 bits per heavy atom. The number of likely N-dealkylation sites (tertiary alicyclic amines) is 1. The highest BCUT2D eigenvalue weighted by Gasteiger charge is 2.53. The summed E-state index contributed by atoms with van der Waals surface area (Å²) in [5.41, 5.74) is 0.131. The highest BCUT2D eigenvalue weighted by atomic mass is 19.4. The van der Waals surface area contributed by atoms with Crippen LogP contribution >= 0.6 is 0 Å². The normalized spacial score (nSPS) is 24.6. The summed E-state index contributed by atoms with van der Waals surface area (Å²) in [6, 6.07) is 12.8. The van der Waals surface area contributed by atoms with Crippen molar-refractivity contribution in [3.05, 3.63) is 65.2 Å². The van der Waals surface area contributed by atoms with Crippen molar-refractivity contribution in [2.75, 3.05) is 13.2 Å². The quantitative estimate of drug-likeness (QED) is 0.449. The lowest BCUT2D eigenvalue weighted by molar-refractivity contribution is -0.274. The molecule has 2 aliphatic rings. The molecule has 0 bridgehead atoms. The molecule has 0 saturated carbocycles. The predicted octanol–water partition coefficient (Wildman–Crippen LogP) is 6.41. The van der Waals surface area contributed by atoms with E-state index in [-0.39, 0.29) is 23.8 Å². The number of amides is 1. The van der Waals surface area contributed by atoms with E-state index in [9.17, 15) is 22.8 Å². The molecule has 2 aromatic carbocycles. The molecule has 0 unspecified atom stereocenters. The number of carbonyl (C=O) groups is 2. The first-order valence-electron chi connectivity index (χ1n) is 11.9. The highest BCUT2D eigenvalue weighted by Crippen LogP contribution is 2.52. The Kier molecular flexibility index (Phi) is 7.05. The van der Waals surface area contributed by atoms with Crippen LogP contribution in [0.25, 0.3) is 0 Å². The maximum atomic E-state index is 13.2. The van der Waals surface area contributed by atoms with Crippen LogP contribution in [0.4, 0.5) is 18.0 Å². The minimum Gasteiger partial charge on any atom is -0.444 e. The first-order valence-corrected chi connectivity index (χ1v) is 11.9. The summed E-state index contributed by atoms with van der Waals surface area (Å²) in [6.45, 7) is 6.10. The number of halogens is 3. The van der Waals surface area contributed by atoms with Crippen LogP contribution in [0.15, 0.2) is 48.5 Å². The molecular weight excluding hydrogens is 475 g/mol. The number of nitrogens with zero attached hydrogens (tertiary/aromatic N) is 1. The number of hydrogen-bond acceptors (Lipinski definition) is 5.